The monoisotopic (exact) mass is 296 g/mol. The fourth-order valence-electron chi connectivity index (χ4n) is 2.21. The van der Waals surface area contributed by atoms with Gasteiger partial charge in [0.15, 0.2) is 8.32 Å². The molecule has 2 atom stereocenters. The van der Waals surface area contributed by atoms with E-state index in [1.807, 2.05) is 6.08 Å². The highest BCUT2D eigenvalue weighted by Crippen LogP contribution is 2.38. The minimum atomic E-state index is -1.70. The zero-order valence-corrected chi connectivity index (χ0v) is 15.4. The summed E-state index contributed by atoms with van der Waals surface area (Å²) in [5.74, 6) is 0. The van der Waals surface area contributed by atoms with E-state index >= 15 is 0 Å². The summed E-state index contributed by atoms with van der Waals surface area (Å²) in [6.07, 6.45) is 6.30. The molecule has 0 radical (unpaired) electrons. The van der Waals surface area contributed by atoms with Crippen LogP contribution in [0.25, 0.3) is 0 Å². The first-order chi connectivity index (χ1) is 9.01. The molecule has 0 fully saturated rings. The number of allylic oxidation sites excluding steroid dienone is 1. The summed E-state index contributed by atoms with van der Waals surface area (Å²) in [4.78, 5) is 0. The molecule has 0 aliphatic carbocycles. The summed E-state index contributed by atoms with van der Waals surface area (Å²) in [6.45, 7) is 20.2. The summed E-state index contributed by atoms with van der Waals surface area (Å²) in [6, 6.07) is 0. The van der Waals surface area contributed by atoms with Crippen molar-refractivity contribution in [2.45, 2.75) is 77.3 Å². The van der Waals surface area contributed by atoms with Crippen LogP contribution in [0.1, 0.15) is 47.5 Å². The molecular formula is C17H32O2Si. The topological polar surface area (TPSA) is 18.5 Å². The predicted molar refractivity (Wildman–Crippen MR) is 89.6 cm³/mol. The van der Waals surface area contributed by atoms with Crippen molar-refractivity contribution in [2.24, 2.45) is 0 Å². The highest BCUT2D eigenvalue weighted by molar-refractivity contribution is 6.74. The van der Waals surface area contributed by atoms with Crippen molar-refractivity contribution in [3.8, 4) is 0 Å². The third-order valence-corrected chi connectivity index (χ3v) is 9.20. The molecule has 2 nitrogen and oxygen atoms in total. The van der Waals surface area contributed by atoms with Crippen LogP contribution in [0.4, 0.5) is 0 Å². The van der Waals surface area contributed by atoms with Gasteiger partial charge >= 0.3 is 0 Å². The largest absolute Gasteiger partial charge is 0.414 e. The summed E-state index contributed by atoms with van der Waals surface area (Å²) >= 11 is 0. The predicted octanol–water partition coefficient (Wildman–Crippen LogP) is 5.08. The van der Waals surface area contributed by atoms with Crippen LogP contribution < -0.4 is 0 Å². The second-order valence-electron chi connectivity index (χ2n) is 7.71. The first-order valence-corrected chi connectivity index (χ1v) is 10.5. The average molecular weight is 297 g/mol. The molecule has 0 spiro atoms. The Labute approximate surface area is 126 Å². The maximum absolute atomic E-state index is 6.30. The Morgan fingerprint density at radius 2 is 2.05 bits per heavy atom. The van der Waals surface area contributed by atoms with Crippen molar-refractivity contribution in [3.05, 3.63) is 24.3 Å². The molecule has 116 valence electrons. The third-order valence-electron chi connectivity index (χ3n) is 4.70. The SMILES string of the molecule is C=CCC[C@]1(C)C=C(C)[C@@H](CO[Si](C)(C)C(C)(C)C)O1. The van der Waals surface area contributed by atoms with Crippen molar-refractivity contribution in [1.29, 1.82) is 0 Å². The quantitative estimate of drug-likeness (QED) is 0.503. The molecule has 0 bridgehead atoms. The first-order valence-electron chi connectivity index (χ1n) is 7.63. The van der Waals surface area contributed by atoms with Gasteiger partial charge in [-0.05, 0) is 50.4 Å². The second-order valence-corrected chi connectivity index (χ2v) is 12.5. The molecule has 0 unspecified atom stereocenters. The maximum Gasteiger partial charge on any atom is 0.192 e. The smallest absolute Gasteiger partial charge is 0.192 e. The van der Waals surface area contributed by atoms with Crippen LogP contribution in [0.3, 0.4) is 0 Å². The van der Waals surface area contributed by atoms with Crippen LogP contribution >= 0.6 is 0 Å². The van der Waals surface area contributed by atoms with E-state index in [0.717, 1.165) is 12.8 Å². The molecule has 1 heterocycles. The van der Waals surface area contributed by atoms with Crippen LogP contribution in [-0.4, -0.2) is 26.6 Å². The second kappa shape index (κ2) is 6.16. The molecule has 0 saturated carbocycles. The summed E-state index contributed by atoms with van der Waals surface area (Å²) in [5, 5.41) is 0.245. The molecule has 1 rings (SSSR count). The number of hydrogen-bond acceptors (Lipinski definition) is 2. The van der Waals surface area contributed by atoms with Gasteiger partial charge in [0.2, 0.25) is 0 Å². The molecule has 0 aromatic carbocycles. The lowest BCUT2D eigenvalue weighted by Gasteiger charge is -2.37. The number of hydrogen-bond donors (Lipinski definition) is 0. The van der Waals surface area contributed by atoms with E-state index in [9.17, 15) is 0 Å². The molecule has 3 heteroatoms. The normalized spacial score (nSPS) is 27.6. The third kappa shape index (κ3) is 4.30. The van der Waals surface area contributed by atoms with Crippen molar-refractivity contribution in [3.63, 3.8) is 0 Å². The van der Waals surface area contributed by atoms with Gasteiger partial charge in [-0.25, -0.2) is 0 Å². The molecular weight excluding hydrogens is 264 g/mol. The Kier molecular flexibility index (Phi) is 5.44. The van der Waals surface area contributed by atoms with E-state index in [4.69, 9.17) is 9.16 Å². The van der Waals surface area contributed by atoms with Gasteiger partial charge in [0.1, 0.15) is 6.10 Å². The van der Waals surface area contributed by atoms with E-state index in [-0.39, 0.29) is 16.7 Å². The Morgan fingerprint density at radius 3 is 2.55 bits per heavy atom. The van der Waals surface area contributed by atoms with Gasteiger partial charge in [-0.15, -0.1) is 6.58 Å². The van der Waals surface area contributed by atoms with Gasteiger partial charge in [0, 0.05) is 0 Å². The Bertz CT molecular complexity index is 379. The van der Waals surface area contributed by atoms with Crippen LogP contribution in [0, 0.1) is 0 Å². The summed E-state index contributed by atoms with van der Waals surface area (Å²) in [5.41, 5.74) is 1.15. The highest BCUT2D eigenvalue weighted by Gasteiger charge is 2.40. The maximum atomic E-state index is 6.30. The number of rotatable bonds is 6. The first kappa shape index (κ1) is 17.7. The Hall–Kier alpha value is -0.383. The van der Waals surface area contributed by atoms with Gasteiger partial charge in [0.25, 0.3) is 0 Å². The standard InChI is InChI=1S/C17H32O2Si/c1-9-10-11-17(6)12-14(2)15(19-17)13-18-20(7,8)16(3,4)5/h9,12,15H,1,10-11,13H2,2-8H3/t15-,17-/m1/s1. The van der Waals surface area contributed by atoms with E-state index < -0.39 is 8.32 Å². The molecule has 0 saturated heterocycles. The van der Waals surface area contributed by atoms with E-state index in [2.05, 4.69) is 60.4 Å². The zero-order valence-electron chi connectivity index (χ0n) is 14.4. The number of ether oxygens (including phenoxy) is 1. The van der Waals surface area contributed by atoms with Gasteiger partial charge in [-0.2, -0.15) is 0 Å². The van der Waals surface area contributed by atoms with E-state index in [1.165, 1.54) is 5.57 Å². The lowest BCUT2D eigenvalue weighted by atomic mass is 9.99. The minimum absolute atomic E-state index is 0.110. The Morgan fingerprint density at radius 1 is 1.45 bits per heavy atom. The van der Waals surface area contributed by atoms with Gasteiger partial charge < -0.3 is 9.16 Å². The van der Waals surface area contributed by atoms with Crippen LogP contribution in [0.5, 0.6) is 0 Å². The minimum Gasteiger partial charge on any atom is -0.414 e. The molecule has 1 aliphatic heterocycles. The van der Waals surface area contributed by atoms with Crippen molar-refractivity contribution < 1.29 is 9.16 Å². The fraction of sp³-hybridized carbons (Fsp3) is 0.765. The summed E-state index contributed by atoms with van der Waals surface area (Å²) < 4.78 is 12.5. The van der Waals surface area contributed by atoms with E-state index in [0.29, 0.717) is 6.61 Å². The summed E-state index contributed by atoms with van der Waals surface area (Å²) in [7, 11) is -1.70. The molecule has 0 aromatic heterocycles. The Balaban J connectivity index is 2.60. The average Bonchev–Trinajstić information content (AvgIpc) is 2.58. The van der Waals surface area contributed by atoms with Crippen LogP contribution in [0.15, 0.2) is 24.3 Å². The molecule has 20 heavy (non-hydrogen) atoms. The van der Waals surface area contributed by atoms with Crippen LogP contribution in [0.2, 0.25) is 18.1 Å². The highest BCUT2D eigenvalue weighted by atomic mass is 28.4. The lowest BCUT2D eigenvalue weighted by Crippen LogP contribution is -2.43. The molecule has 0 aromatic rings. The molecule has 1 aliphatic rings. The van der Waals surface area contributed by atoms with Gasteiger partial charge in [-0.3, -0.25) is 0 Å². The van der Waals surface area contributed by atoms with Crippen LogP contribution in [-0.2, 0) is 9.16 Å². The van der Waals surface area contributed by atoms with Crippen molar-refractivity contribution >= 4 is 8.32 Å². The molecule has 0 amide bonds. The lowest BCUT2D eigenvalue weighted by molar-refractivity contribution is -0.0374. The van der Waals surface area contributed by atoms with Crippen molar-refractivity contribution in [2.75, 3.05) is 6.61 Å². The van der Waals surface area contributed by atoms with Crippen molar-refractivity contribution in [1.82, 2.24) is 0 Å². The molecule has 0 N–H and O–H groups in total. The van der Waals surface area contributed by atoms with E-state index in [1.54, 1.807) is 0 Å². The van der Waals surface area contributed by atoms with Gasteiger partial charge in [0.05, 0.1) is 12.2 Å². The zero-order chi connectivity index (χ0) is 15.6. The fourth-order valence-corrected chi connectivity index (χ4v) is 3.21. The van der Waals surface area contributed by atoms with Gasteiger partial charge in [-0.1, -0.05) is 32.9 Å².